The molecule has 0 aliphatic heterocycles. The van der Waals surface area contributed by atoms with Crippen LogP contribution in [0.25, 0.3) is 0 Å². The first-order valence-electron chi connectivity index (χ1n) is 8.28. The van der Waals surface area contributed by atoms with Crippen molar-refractivity contribution in [2.45, 2.75) is 32.9 Å². The molecule has 1 amide bonds. The Kier molecular flexibility index (Phi) is 6.69. The SMILES string of the molecule is COc1ccc(O[C@@H](C)C(=O)N[C@H](C)COc2ccc(C)cc2)cc1. The van der Waals surface area contributed by atoms with Gasteiger partial charge in [-0.1, -0.05) is 17.7 Å². The van der Waals surface area contributed by atoms with Crippen molar-refractivity contribution >= 4 is 5.91 Å². The average Bonchev–Trinajstić information content (AvgIpc) is 2.61. The summed E-state index contributed by atoms with van der Waals surface area (Å²) < 4.78 is 16.4. The minimum atomic E-state index is -0.602. The number of amides is 1. The fraction of sp³-hybridized carbons (Fsp3) is 0.350. The summed E-state index contributed by atoms with van der Waals surface area (Å²) in [5, 5.41) is 2.89. The van der Waals surface area contributed by atoms with Gasteiger partial charge in [0.05, 0.1) is 13.2 Å². The highest BCUT2D eigenvalue weighted by molar-refractivity contribution is 5.81. The lowest BCUT2D eigenvalue weighted by molar-refractivity contribution is -0.128. The summed E-state index contributed by atoms with van der Waals surface area (Å²) >= 11 is 0. The maximum atomic E-state index is 12.2. The number of carbonyl (C=O) groups is 1. The molecule has 2 atom stereocenters. The van der Waals surface area contributed by atoms with Crippen LogP contribution < -0.4 is 19.5 Å². The first kappa shape index (κ1) is 18.6. The summed E-state index contributed by atoms with van der Waals surface area (Å²) in [6.45, 7) is 6.03. The van der Waals surface area contributed by atoms with Crippen molar-refractivity contribution in [2.24, 2.45) is 0 Å². The van der Waals surface area contributed by atoms with Crippen molar-refractivity contribution in [3.8, 4) is 17.2 Å². The molecule has 2 rings (SSSR count). The van der Waals surface area contributed by atoms with E-state index in [1.165, 1.54) is 5.56 Å². The predicted molar refractivity (Wildman–Crippen MR) is 97.4 cm³/mol. The van der Waals surface area contributed by atoms with E-state index < -0.39 is 6.10 Å². The minimum Gasteiger partial charge on any atom is -0.497 e. The van der Waals surface area contributed by atoms with Crippen LogP contribution in [0.1, 0.15) is 19.4 Å². The highest BCUT2D eigenvalue weighted by atomic mass is 16.5. The van der Waals surface area contributed by atoms with Gasteiger partial charge in [0.1, 0.15) is 23.9 Å². The fourth-order valence-electron chi connectivity index (χ4n) is 2.17. The summed E-state index contributed by atoms with van der Waals surface area (Å²) in [5.74, 6) is 1.96. The Hall–Kier alpha value is -2.69. The summed E-state index contributed by atoms with van der Waals surface area (Å²) in [7, 11) is 1.60. The van der Waals surface area contributed by atoms with Gasteiger partial charge < -0.3 is 19.5 Å². The van der Waals surface area contributed by atoms with Gasteiger partial charge in [-0.25, -0.2) is 0 Å². The van der Waals surface area contributed by atoms with Crippen LogP contribution >= 0.6 is 0 Å². The molecule has 25 heavy (non-hydrogen) atoms. The maximum absolute atomic E-state index is 12.2. The van der Waals surface area contributed by atoms with E-state index in [-0.39, 0.29) is 11.9 Å². The van der Waals surface area contributed by atoms with Gasteiger partial charge in [0, 0.05) is 0 Å². The third-order valence-corrected chi connectivity index (χ3v) is 3.65. The zero-order valence-corrected chi connectivity index (χ0v) is 15.1. The number of hydrogen-bond donors (Lipinski definition) is 1. The van der Waals surface area contributed by atoms with Crippen molar-refractivity contribution in [3.63, 3.8) is 0 Å². The molecule has 0 aliphatic carbocycles. The van der Waals surface area contributed by atoms with Crippen LogP contribution in [0, 0.1) is 6.92 Å². The molecule has 2 aromatic carbocycles. The van der Waals surface area contributed by atoms with E-state index in [1.807, 2.05) is 38.1 Å². The number of ether oxygens (including phenoxy) is 3. The molecule has 0 aromatic heterocycles. The normalized spacial score (nSPS) is 12.8. The second-order valence-electron chi connectivity index (χ2n) is 5.97. The molecule has 0 saturated heterocycles. The molecule has 5 heteroatoms. The van der Waals surface area contributed by atoms with E-state index in [0.29, 0.717) is 12.4 Å². The summed E-state index contributed by atoms with van der Waals surface area (Å²) in [4.78, 5) is 12.2. The van der Waals surface area contributed by atoms with Crippen LogP contribution in [-0.4, -0.2) is 31.8 Å². The van der Waals surface area contributed by atoms with Crippen LogP contribution in [0.15, 0.2) is 48.5 Å². The third-order valence-electron chi connectivity index (χ3n) is 3.65. The van der Waals surface area contributed by atoms with Crippen molar-refractivity contribution in [3.05, 3.63) is 54.1 Å². The maximum Gasteiger partial charge on any atom is 0.261 e. The van der Waals surface area contributed by atoms with Crippen LogP contribution in [0.4, 0.5) is 0 Å². The van der Waals surface area contributed by atoms with Crippen molar-refractivity contribution in [1.82, 2.24) is 5.32 Å². The molecule has 134 valence electrons. The molecule has 2 aromatic rings. The number of rotatable bonds is 8. The summed E-state index contributed by atoms with van der Waals surface area (Å²) in [5.41, 5.74) is 1.18. The quantitative estimate of drug-likeness (QED) is 0.798. The third kappa shape index (κ3) is 6.03. The zero-order valence-electron chi connectivity index (χ0n) is 15.1. The Balaban J connectivity index is 1.77. The number of benzene rings is 2. The van der Waals surface area contributed by atoms with Gasteiger partial charge in [-0.15, -0.1) is 0 Å². The second-order valence-corrected chi connectivity index (χ2v) is 5.97. The van der Waals surface area contributed by atoms with E-state index in [9.17, 15) is 4.79 Å². The van der Waals surface area contributed by atoms with Crippen LogP contribution in [-0.2, 0) is 4.79 Å². The number of hydrogen-bond acceptors (Lipinski definition) is 4. The molecule has 5 nitrogen and oxygen atoms in total. The zero-order chi connectivity index (χ0) is 18.2. The lowest BCUT2D eigenvalue weighted by atomic mass is 10.2. The Morgan fingerprint density at radius 1 is 0.960 bits per heavy atom. The number of aryl methyl sites for hydroxylation is 1. The first-order valence-corrected chi connectivity index (χ1v) is 8.28. The molecule has 0 bridgehead atoms. The van der Waals surface area contributed by atoms with E-state index in [0.717, 1.165) is 11.5 Å². The first-order chi connectivity index (χ1) is 12.0. The smallest absolute Gasteiger partial charge is 0.261 e. The number of carbonyl (C=O) groups excluding carboxylic acids is 1. The van der Waals surface area contributed by atoms with E-state index >= 15 is 0 Å². The minimum absolute atomic E-state index is 0.129. The monoisotopic (exact) mass is 343 g/mol. The molecule has 0 aliphatic rings. The molecule has 0 spiro atoms. The largest absolute Gasteiger partial charge is 0.497 e. The molecule has 0 unspecified atom stereocenters. The van der Waals surface area contributed by atoms with Gasteiger partial charge >= 0.3 is 0 Å². The molecule has 0 fully saturated rings. The molecular weight excluding hydrogens is 318 g/mol. The van der Waals surface area contributed by atoms with E-state index in [2.05, 4.69) is 5.32 Å². The molecule has 0 saturated carbocycles. The lowest BCUT2D eigenvalue weighted by Gasteiger charge is -2.19. The van der Waals surface area contributed by atoms with Gasteiger partial charge in [-0.05, 0) is 57.2 Å². The van der Waals surface area contributed by atoms with Crippen molar-refractivity contribution < 1.29 is 19.0 Å². The Morgan fingerprint density at radius 3 is 2.12 bits per heavy atom. The topological polar surface area (TPSA) is 56.8 Å². The van der Waals surface area contributed by atoms with Gasteiger partial charge in [0.15, 0.2) is 6.10 Å². The highest BCUT2D eigenvalue weighted by Gasteiger charge is 2.17. The Morgan fingerprint density at radius 2 is 1.52 bits per heavy atom. The average molecular weight is 343 g/mol. The lowest BCUT2D eigenvalue weighted by Crippen LogP contribution is -2.43. The van der Waals surface area contributed by atoms with Crippen LogP contribution in [0.2, 0.25) is 0 Å². The predicted octanol–water partition coefficient (Wildman–Crippen LogP) is 3.35. The Bertz CT molecular complexity index is 667. The van der Waals surface area contributed by atoms with Gasteiger partial charge in [0.25, 0.3) is 5.91 Å². The van der Waals surface area contributed by atoms with Gasteiger partial charge in [-0.3, -0.25) is 4.79 Å². The van der Waals surface area contributed by atoms with Crippen molar-refractivity contribution in [1.29, 1.82) is 0 Å². The van der Waals surface area contributed by atoms with E-state index in [4.69, 9.17) is 14.2 Å². The standard InChI is InChI=1S/C20H25NO4/c1-14-5-7-18(8-6-14)24-13-15(2)21-20(22)16(3)25-19-11-9-17(23-4)10-12-19/h5-12,15-16H,13H2,1-4H3,(H,21,22)/t15-,16+/m1/s1. The van der Waals surface area contributed by atoms with Crippen molar-refractivity contribution in [2.75, 3.05) is 13.7 Å². The molecule has 0 radical (unpaired) electrons. The van der Waals surface area contributed by atoms with Gasteiger partial charge in [0.2, 0.25) is 0 Å². The van der Waals surface area contributed by atoms with Crippen LogP contribution in [0.3, 0.4) is 0 Å². The number of methoxy groups -OCH3 is 1. The molecule has 0 heterocycles. The highest BCUT2D eigenvalue weighted by Crippen LogP contribution is 2.18. The summed E-state index contributed by atoms with van der Waals surface area (Å²) in [6.07, 6.45) is -0.602. The molecular formula is C20H25NO4. The Labute approximate surface area is 148 Å². The van der Waals surface area contributed by atoms with E-state index in [1.54, 1.807) is 38.3 Å². The van der Waals surface area contributed by atoms with Crippen LogP contribution in [0.5, 0.6) is 17.2 Å². The molecule has 1 N–H and O–H groups in total. The summed E-state index contributed by atoms with van der Waals surface area (Å²) in [6, 6.07) is 14.8. The number of nitrogens with one attached hydrogen (secondary N) is 1. The second kappa shape index (κ2) is 8.97. The van der Waals surface area contributed by atoms with Gasteiger partial charge in [-0.2, -0.15) is 0 Å². The fourth-order valence-corrected chi connectivity index (χ4v) is 2.17.